The Bertz CT molecular complexity index is 910. The maximum atomic E-state index is 5.87. The molecule has 0 saturated carbocycles. The summed E-state index contributed by atoms with van der Waals surface area (Å²) in [7, 11) is 0. The van der Waals surface area contributed by atoms with Gasteiger partial charge in [0.25, 0.3) is 0 Å². The van der Waals surface area contributed by atoms with Gasteiger partial charge in [-0.1, -0.05) is 50.1 Å². The van der Waals surface area contributed by atoms with Crippen molar-refractivity contribution in [3.05, 3.63) is 86.8 Å². The molecule has 0 atom stereocenters. The van der Waals surface area contributed by atoms with E-state index in [0.717, 1.165) is 31.5 Å². The minimum atomic E-state index is 0.516. The molecule has 0 amide bonds. The van der Waals surface area contributed by atoms with Crippen LogP contribution in [-0.2, 0) is 6.61 Å². The van der Waals surface area contributed by atoms with Gasteiger partial charge in [-0.15, -0.1) is 11.8 Å². The first kappa shape index (κ1) is 19.2. The number of hydrogen-bond donors (Lipinski definition) is 0. The van der Waals surface area contributed by atoms with E-state index in [4.69, 9.17) is 4.74 Å². The second kappa shape index (κ2) is 9.40. The highest BCUT2D eigenvalue weighted by molar-refractivity contribution is 9.11. The van der Waals surface area contributed by atoms with E-state index in [2.05, 4.69) is 49.2 Å². The van der Waals surface area contributed by atoms with Crippen molar-refractivity contribution in [2.45, 2.75) is 11.5 Å². The van der Waals surface area contributed by atoms with Crippen molar-refractivity contribution in [1.82, 2.24) is 0 Å². The summed E-state index contributed by atoms with van der Waals surface area (Å²) in [6.45, 7) is 0.516. The average molecular weight is 491 g/mol. The standard InChI is InChI=1S/C21H17Br2NOS/c1-26-21-5-3-2-4-20(21)24-13-15-6-10-18(11-7-15)25-14-16-8-9-17(22)12-19(16)23/h2-13H,14H2,1H3. The van der Waals surface area contributed by atoms with Gasteiger partial charge in [-0.2, -0.15) is 0 Å². The third kappa shape index (κ3) is 5.22. The van der Waals surface area contributed by atoms with Crippen LogP contribution in [0.2, 0.25) is 0 Å². The van der Waals surface area contributed by atoms with Gasteiger partial charge in [0.1, 0.15) is 12.4 Å². The molecule has 0 unspecified atom stereocenters. The van der Waals surface area contributed by atoms with Crippen LogP contribution in [0.25, 0.3) is 0 Å². The van der Waals surface area contributed by atoms with Crippen LogP contribution in [0.3, 0.4) is 0 Å². The predicted molar refractivity (Wildman–Crippen MR) is 118 cm³/mol. The SMILES string of the molecule is CSc1ccccc1N=Cc1ccc(OCc2ccc(Br)cc2Br)cc1. The minimum absolute atomic E-state index is 0.516. The van der Waals surface area contributed by atoms with E-state index in [9.17, 15) is 0 Å². The van der Waals surface area contributed by atoms with Gasteiger partial charge in [-0.3, -0.25) is 4.99 Å². The molecule has 0 radical (unpaired) electrons. The van der Waals surface area contributed by atoms with Crippen molar-refractivity contribution < 1.29 is 4.74 Å². The lowest BCUT2D eigenvalue weighted by Crippen LogP contribution is -1.96. The summed E-state index contributed by atoms with van der Waals surface area (Å²) in [5, 5.41) is 0. The molecule has 3 rings (SSSR count). The van der Waals surface area contributed by atoms with Crippen LogP contribution in [0.1, 0.15) is 11.1 Å². The van der Waals surface area contributed by atoms with Crippen LogP contribution in [0.4, 0.5) is 5.69 Å². The van der Waals surface area contributed by atoms with Crippen molar-refractivity contribution in [2.24, 2.45) is 4.99 Å². The van der Waals surface area contributed by atoms with Crippen molar-refractivity contribution >= 4 is 55.5 Å². The predicted octanol–water partition coefficient (Wildman–Crippen LogP) is 7.26. The van der Waals surface area contributed by atoms with E-state index in [1.54, 1.807) is 11.8 Å². The van der Waals surface area contributed by atoms with Crippen LogP contribution >= 0.6 is 43.6 Å². The van der Waals surface area contributed by atoms with Gasteiger partial charge >= 0.3 is 0 Å². The van der Waals surface area contributed by atoms with Crippen LogP contribution in [0, 0.1) is 0 Å². The first-order chi connectivity index (χ1) is 12.7. The number of halogens is 2. The van der Waals surface area contributed by atoms with Crippen molar-refractivity contribution in [3.63, 3.8) is 0 Å². The Morgan fingerprint density at radius 3 is 2.50 bits per heavy atom. The van der Waals surface area contributed by atoms with Crippen molar-refractivity contribution in [1.29, 1.82) is 0 Å². The van der Waals surface area contributed by atoms with Gasteiger partial charge in [-0.25, -0.2) is 0 Å². The summed E-state index contributed by atoms with van der Waals surface area (Å²) in [4.78, 5) is 5.76. The first-order valence-electron chi connectivity index (χ1n) is 7.99. The second-order valence-electron chi connectivity index (χ2n) is 5.52. The fourth-order valence-corrected chi connectivity index (χ4v) is 4.04. The Morgan fingerprint density at radius 1 is 1.00 bits per heavy atom. The first-order valence-corrected chi connectivity index (χ1v) is 10.8. The van der Waals surface area contributed by atoms with E-state index in [0.29, 0.717) is 6.61 Å². The fourth-order valence-electron chi connectivity index (χ4n) is 2.33. The van der Waals surface area contributed by atoms with Crippen LogP contribution in [0.5, 0.6) is 5.75 Å². The van der Waals surface area contributed by atoms with Gasteiger partial charge < -0.3 is 4.74 Å². The summed E-state index contributed by atoms with van der Waals surface area (Å²) in [5.74, 6) is 0.835. The molecule has 0 saturated heterocycles. The molecule has 0 fully saturated rings. The molecule has 0 heterocycles. The molecule has 0 aromatic heterocycles. The van der Waals surface area contributed by atoms with Gasteiger partial charge in [0.05, 0.1) is 5.69 Å². The Kier molecular flexibility index (Phi) is 6.94. The number of thioether (sulfide) groups is 1. The molecule has 26 heavy (non-hydrogen) atoms. The van der Waals surface area contributed by atoms with E-state index in [1.165, 1.54) is 4.90 Å². The van der Waals surface area contributed by atoms with Crippen molar-refractivity contribution in [2.75, 3.05) is 6.26 Å². The Hall–Kier alpha value is -1.56. The lowest BCUT2D eigenvalue weighted by atomic mass is 10.2. The van der Waals surface area contributed by atoms with Gasteiger partial charge in [0.2, 0.25) is 0 Å². The van der Waals surface area contributed by atoms with Gasteiger partial charge in [0, 0.05) is 25.6 Å². The molecule has 5 heteroatoms. The summed E-state index contributed by atoms with van der Waals surface area (Å²) in [6.07, 6.45) is 3.94. The highest BCUT2D eigenvalue weighted by atomic mass is 79.9. The van der Waals surface area contributed by atoms with Gasteiger partial charge in [0.15, 0.2) is 0 Å². The van der Waals surface area contributed by atoms with Crippen LogP contribution < -0.4 is 4.74 Å². The number of nitrogens with zero attached hydrogens (tertiary/aromatic N) is 1. The molecule has 3 aromatic rings. The smallest absolute Gasteiger partial charge is 0.119 e. The molecular formula is C21H17Br2NOS. The maximum absolute atomic E-state index is 5.87. The Balaban J connectivity index is 1.64. The number of aliphatic imine (C=N–C) groups is 1. The zero-order chi connectivity index (χ0) is 18.4. The molecule has 0 bridgehead atoms. The molecule has 0 aliphatic heterocycles. The Labute approximate surface area is 175 Å². The number of benzene rings is 3. The summed E-state index contributed by atoms with van der Waals surface area (Å²) >= 11 is 8.71. The molecule has 0 aliphatic carbocycles. The molecular weight excluding hydrogens is 474 g/mol. The number of para-hydroxylation sites is 1. The quantitative estimate of drug-likeness (QED) is 0.267. The summed E-state index contributed by atoms with van der Waals surface area (Å²) in [5.41, 5.74) is 3.13. The van der Waals surface area contributed by atoms with E-state index in [-0.39, 0.29) is 0 Å². The van der Waals surface area contributed by atoms with E-state index >= 15 is 0 Å². The third-order valence-electron chi connectivity index (χ3n) is 3.73. The number of rotatable bonds is 6. The van der Waals surface area contributed by atoms with E-state index < -0.39 is 0 Å². The van der Waals surface area contributed by atoms with E-state index in [1.807, 2.05) is 66.9 Å². The summed E-state index contributed by atoms with van der Waals surface area (Å²) < 4.78 is 7.95. The molecule has 3 aromatic carbocycles. The zero-order valence-corrected chi connectivity index (χ0v) is 18.1. The lowest BCUT2D eigenvalue weighted by Gasteiger charge is -2.08. The molecule has 0 spiro atoms. The lowest BCUT2D eigenvalue weighted by molar-refractivity contribution is 0.305. The van der Waals surface area contributed by atoms with Crippen LogP contribution in [-0.4, -0.2) is 12.5 Å². The fraction of sp³-hybridized carbons (Fsp3) is 0.0952. The largest absolute Gasteiger partial charge is 0.489 e. The highest BCUT2D eigenvalue weighted by Gasteiger charge is 2.02. The second-order valence-corrected chi connectivity index (χ2v) is 8.14. The Morgan fingerprint density at radius 2 is 1.77 bits per heavy atom. The highest BCUT2D eigenvalue weighted by Crippen LogP contribution is 2.27. The zero-order valence-electron chi connectivity index (χ0n) is 14.2. The monoisotopic (exact) mass is 489 g/mol. The number of ether oxygens (including phenoxy) is 1. The molecule has 0 aliphatic rings. The topological polar surface area (TPSA) is 21.6 Å². The number of hydrogen-bond acceptors (Lipinski definition) is 3. The third-order valence-corrected chi connectivity index (χ3v) is 5.74. The average Bonchev–Trinajstić information content (AvgIpc) is 2.67. The molecule has 0 N–H and O–H groups in total. The summed E-state index contributed by atoms with van der Waals surface area (Å²) in [6, 6.07) is 22.2. The normalized spacial score (nSPS) is 11.0. The van der Waals surface area contributed by atoms with Crippen LogP contribution in [0.15, 0.2) is 85.6 Å². The van der Waals surface area contributed by atoms with Crippen molar-refractivity contribution in [3.8, 4) is 5.75 Å². The molecule has 132 valence electrons. The molecule has 2 nitrogen and oxygen atoms in total. The maximum Gasteiger partial charge on any atom is 0.119 e. The minimum Gasteiger partial charge on any atom is -0.489 e. The van der Waals surface area contributed by atoms with Gasteiger partial charge in [-0.05, 0) is 60.4 Å².